The van der Waals surface area contributed by atoms with Gasteiger partial charge < -0.3 is 35.0 Å². The standard InChI is InChI=1S/C17H24N5O7P.Na/c1-2-3-4-5-6-7-11-20-15(18)12-16(21-11)22(9-19-12)17-14(24)13(23)10(29-17)8-28-30(25,26)27;/h9-10,13-14,17,23-24H,2-5,8H2,1H3,(H2,18,20,21)(H2,25,26,27);/q;+1/p-1/t10-,13-,14-,17-;/m1./s1. The third-order valence-corrected chi connectivity index (χ3v) is 5.04. The van der Waals surface area contributed by atoms with Crippen LogP contribution in [0, 0.1) is 11.8 Å². The van der Waals surface area contributed by atoms with Crippen LogP contribution in [0.15, 0.2) is 6.33 Å². The number of unbranched alkanes of at least 4 members (excludes halogenated alkanes) is 3. The number of phosphoric acid groups is 1. The zero-order chi connectivity index (χ0) is 21.9. The van der Waals surface area contributed by atoms with Crippen molar-refractivity contribution in [2.24, 2.45) is 0 Å². The average Bonchev–Trinajstić information content (AvgIpc) is 3.21. The maximum atomic E-state index is 10.8. The number of rotatable bonds is 7. The molecule has 1 saturated heterocycles. The number of ether oxygens (including phenoxy) is 1. The molecule has 0 bridgehead atoms. The summed E-state index contributed by atoms with van der Waals surface area (Å²) in [7, 11) is -5.01. The van der Waals surface area contributed by atoms with E-state index in [1.54, 1.807) is 0 Å². The summed E-state index contributed by atoms with van der Waals surface area (Å²) >= 11 is 0. The Kier molecular flexibility index (Phi) is 9.41. The molecule has 14 heteroatoms. The van der Waals surface area contributed by atoms with E-state index >= 15 is 0 Å². The second-order valence-corrected chi connectivity index (χ2v) is 8.02. The summed E-state index contributed by atoms with van der Waals surface area (Å²) in [5.74, 6) is 6.11. The Morgan fingerprint density at radius 2 is 2.10 bits per heavy atom. The van der Waals surface area contributed by atoms with Gasteiger partial charge in [-0.15, -0.1) is 0 Å². The Bertz CT molecular complexity index is 1000. The molecule has 1 fully saturated rings. The summed E-state index contributed by atoms with van der Waals surface area (Å²) < 4.78 is 21.9. The minimum Gasteiger partial charge on any atom is -0.756 e. The van der Waals surface area contributed by atoms with Crippen molar-refractivity contribution in [3.05, 3.63) is 12.2 Å². The topological polar surface area (TPSA) is 189 Å². The Morgan fingerprint density at radius 1 is 1.35 bits per heavy atom. The molecule has 0 radical (unpaired) electrons. The molecule has 1 aliphatic rings. The van der Waals surface area contributed by atoms with Gasteiger partial charge >= 0.3 is 29.6 Å². The SMILES string of the molecule is CCCCCC#Cc1nc(N)c2ncn([C@@H]3O[C@H](COP(=O)([O-])O)[C@@H](O)[C@H]3O)c2n1.[Na+]. The summed E-state index contributed by atoms with van der Waals surface area (Å²) in [6, 6.07) is 0. The number of anilines is 1. The van der Waals surface area contributed by atoms with Gasteiger partial charge in [0.1, 0.15) is 23.8 Å². The van der Waals surface area contributed by atoms with Crippen molar-refractivity contribution in [1.82, 2.24) is 19.5 Å². The van der Waals surface area contributed by atoms with E-state index in [1.807, 2.05) is 0 Å². The van der Waals surface area contributed by atoms with Gasteiger partial charge in [0.05, 0.1) is 12.9 Å². The van der Waals surface area contributed by atoms with E-state index in [-0.39, 0.29) is 52.4 Å². The van der Waals surface area contributed by atoms with Crippen LogP contribution in [-0.2, 0) is 13.8 Å². The monoisotopic (exact) mass is 463 g/mol. The molecule has 3 rings (SSSR count). The van der Waals surface area contributed by atoms with Crippen molar-refractivity contribution in [1.29, 1.82) is 0 Å². The molecular weight excluding hydrogens is 440 g/mol. The zero-order valence-electron chi connectivity index (χ0n) is 17.2. The van der Waals surface area contributed by atoms with Crippen molar-refractivity contribution in [2.75, 3.05) is 12.3 Å². The Hall–Kier alpha value is -1.10. The second-order valence-electron chi connectivity index (χ2n) is 6.83. The molecule has 0 aliphatic carbocycles. The zero-order valence-corrected chi connectivity index (χ0v) is 20.1. The quantitative estimate of drug-likeness (QED) is 0.138. The molecular formula is C17H23N5NaO7P. The predicted molar refractivity (Wildman–Crippen MR) is 102 cm³/mol. The van der Waals surface area contributed by atoms with Crippen LogP contribution in [0.2, 0.25) is 0 Å². The number of aliphatic hydroxyl groups excluding tert-OH is 2. The Labute approximate surface area is 200 Å². The first-order chi connectivity index (χ1) is 14.2. The number of nitrogen functional groups attached to an aromatic ring is 1. The maximum Gasteiger partial charge on any atom is 1.00 e. The molecule has 0 aromatic carbocycles. The third kappa shape index (κ3) is 6.46. The van der Waals surface area contributed by atoms with E-state index in [4.69, 9.17) is 15.4 Å². The maximum absolute atomic E-state index is 10.8. The minimum absolute atomic E-state index is 0. The summed E-state index contributed by atoms with van der Waals surface area (Å²) in [5, 5.41) is 20.5. The molecule has 3 heterocycles. The van der Waals surface area contributed by atoms with Gasteiger partial charge in [0, 0.05) is 6.42 Å². The van der Waals surface area contributed by atoms with Gasteiger partial charge in [0.2, 0.25) is 5.82 Å². The molecule has 164 valence electrons. The normalized spacial score (nSPS) is 24.9. The fourth-order valence-electron chi connectivity index (χ4n) is 3.05. The first kappa shape index (κ1) is 26.2. The number of hydrogen-bond donors (Lipinski definition) is 4. The Balaban J connectivity index is 0.00000341. The van der Waals surface area contributed by atoms with Gasteiger partial charge in [0.15, 0.2) is 17.7 Å². The molecule has 12 nitrogen and oxygen atoms in total. The van der Waals surface area contributed by atoms with Crippen LogP contribution in [0.1, 0.15) is 44.7 Å². The van der Waals surface area contributed by atoms with Crippen LogP contribution in [0.5, 0.6) is 0 Å². The van der Waals surface area contributed by atoms with E-state index in [9.17, 15) is 19.7 Å². The number of aliphatic hydroxyl groups is 2. The number of aromatic nitrogens is 4. The van der Waals surface area contributed by atoms with Crippen LogP contribution in [0.25, 0.3) is 11.2 Å². The van der Waals surface area contributed by atoms with Crippen molar-refractivity contribution >= 4 is 24.8 Å². The molecule has 2 aromatic rings. The van der Waals surface area contributed by atoms with Crippen LogP contribution in [0.4, 0.5) is 5.82 Å². The fourth-order valence-corrected chi connectivity index (χ4v) is 3.39. The van der Waals surface area contributed by atoms with Crippen molar-refractivity contribution in [2.45, 2.75) is 57.1 Å². The summed E-state index contributed by atoms with van der Waals surface area (Å²) in [6.07, 6.45) is -0.154. The number of phosphoric ester groups is 1. The Morgan fingerprint density at radius 3 is 2.77 bits per heavy atom. The molecule has 0 saturated carbocycles. The van der Waals surface area contributed by atoms with Gasteiger partial charge in [-0.25, -0.2) is 15.0 Å². The number of hydrogen-bond acceptors (Lipinski definition) is 10. The third-order valence-electron chi connectivity index (χ3n) is 4.57. The summed E-state index contributed by atoms with van der Waals surface area (Å²) in [5.41, 5.74) is 6.44. The van der Waals surface area contributed by atoms with Gasteiger partial charge in [-0.1, -0.05) is 25.7 Å². The minimum atomic E-state index is -5.01. The molecule has 1 aliphatic heterocycles. The summed E-state index contributed by atoms with van der Waals surface area (Å²) in [6.45, 7) is 1.42. The first-order valence-corrected chi connectivity index (χ1v) is 10.9. The van der Waals surface area contributed by atoms with Gasteiger partial charge in [0.25, 0.3) is 7.82 Å². The molecule has 1 unspecified atom stereocenters. The number of nitrogens with two attached hydrogens (primary N) is 1. The number of imidazole rings is 1. The first-order valence-electron chi connectivity index (χ1n) is 9.40. The van der Waals surface area contributed by atoms with E-state index in [1.165, 1.54) is 10.9 Å². The van der Waals surface area contributed by atoms with Gasteiger partial charge in [-0.2, -0.15) is 0 Å². The number of fused-ring (bicyclic) bond motifs is 1. The molecule has 5 N–H and O–H groups in total. The van der Waals surface area contributed by atoms with E-state index in [0.717, 1.165) is 19.3 Å². The smallest absolute Gasteiger partial charge is 0.756 e. The predicted octanol–water partition coefficient (Wildman–Crippen LogP) is -3.56. The average molecular weight is 463 g/mol. The molecule has 5 atom stereocenters. The molecule has 0 spiro atoms. The molecule has 2 aromatic heterocycles. The van der Waals surface area contributed by atoms with Crippen LogP contribution in [-0.4, -0.2) is 59.5 Å². The van der Waals surface area contributed by atoms with Crippen molar-refractivity contribution in [3.63, 3.8) is 0 Å². The van der Waals surface area contributed by atoms with Crippen LogP contribution in [0.3, 0.4) is 0 Å². The summed E-state index contributed by atoms with van der Waals surface area (Å²) in [4.78, 5) is 32.1. The largest absolute Gasteiger partial charge is 1.00 e. The van der Waals surface area contributed by atoms with Gasteiger partial charge in [-0.05, 0) is 12.3 Å². The van der Waals surface area contributed by atoms with E-state index < -0.39 is 39.0 Å². The van der Waals surface area contributed by atoms with E-state index in [2.05, 4.69) is 38.2 Å². The second kappa shape index (κ2) is 11.2. The molecule has 31 heavy (non-hydrogen) atoms. The van der Waals surface area contributed by atoms with E-state index in [0.29, 0.717) is 6.42 Å². The fraction of sp³-hybridized carbons (Fsp3) is 0.588. The van der Waals surface area contributed by atoms with Crippen molar-refractivity contribution < 1.29 is 63.4 Å². The number of nitrogens with zero attached hydrogens (tertiary/aromatic N) is 4. The van der Waals surface area contributed by atoms with Crippen molar-refractivity contribution in [3.8, 4) is 11.8 Å². The molecule has 0 amide bonds. The van der Waals surface area contributed by atoms with Crippen LogP contribution < -0.4 is 40.2 Å². The van der Waals surface area contributed by atoms with Crippen LogP contribution >= 0.6 is 7.82 Å². The van der Waals surface area contributed by atoms with Gasteiger partial charge in [-0.3, -0.25) is 9.13 Å².